The van der Waals surface area contributed by atoms with Crippen molar-refractivity contribution in [1.82, 2.24) is 4.90 Å². The Morgan fingerprint density at radius 2 is 1.65 bits per heavy atom. The second-order valence-corrected chi connectivity index (χ2v) is 18.7. The molecule has 3 aliphatic heterocycles. The van der Waals surface area contributed by atoms with Gasteiger partial charge < -0.3 is 68.7 Å². The van der Waals surface area contributed by atoms with Gasteiger partial charge in [-0.1, -0.05) is 55.8 Å². The number of hydrogen-bond donors (Lipinski definition) is 4. The Morgan fingerprint density at radius 3 is 2.33 bits per heavy atom. The number of fused-ring (bicyclic) bond motifs is 3. The maximum atomic E-state index is 14.4. The predicted molar refractivity (Wildman–Crippen MR) is 246 cm³/mol. The number of cyclic esters (lactones) is 1. The van der Waals surface area contributed by atoms with Crippen LogP contribution in [0.15, 0.2) is 53.2 Å². The highest BCUT2D eigenvalue weighted by molar-refractivity contribution is 5.91. The number of nitrogen functional groups attached to an aromatic ring is 1. The zero-order chi connectivity index (χ0) is 48.1. The molecular formula is C49H77N3O14. The first-order valence-corrected chi connectivity index (χ1v) is 23.5. The fourth-order valence-electron chi connectivity index (χ4n) is 9.66. The van der Waals surface area contributed by atoms with E-state index in [2.05, 4.69) is 5.16 Å². The van der Waals surface area contributed by atoms with Crippen LogP contribution in [0.5, 0.6) is 0 Å². The Balaban J connectivity index is 1.50. The number of methoxy groups -OCH3 is 2. The summed E-state index contributed by atoms with van der Waals surface area (Å²) in [4.78, 5) is 35.9. The lowest BCUT2D eigenvalue weighted by atomic mass is 9.79. The Kier molecular flexibility index (Phi) is 21.0. The lowest BCUT2D eigenvalue weighted by molar-refractivity contribution is -0.305. The van der Waals surface area contributed by atoms with Gasteiger partial charge in [-0.3, -0.25) is 9.59 Å². The van der Waals surface area contributed by atoms with Crippen LogP contribution in [-0.4, -0.2) is 166 Å². The molecule has 1 saturated carbocycles. The average molecular weight is 932 g/mol. The van der Waals surface area contributed by atoms with Crippen LogP contribution in [0.3, 0.4) is 0 Å². The van der Waals surface area contributed by atoms with Gasteiger partial charge in [0.05, 0.1) is 68.9 Å². The lowest BCUT2D eigenvalue weighted by Gasteiger charge is -2.47. The number of ether oxygens (including phenoxy) is 8. The third-order valence-electron chi connectivity index (χ3n) is 13.6. The van der Waals surface area contributed by atoms with Gasteiger partial charge in [0, 0.05) is 44.3 Å². The Morgan fingerprint density at radius 1 is 0.924 bits per heavy atom. The fraction of sp³-hybridized carbons (Fsp3) is 0.735. The highest BCUT2D eigenvalue weighted by atomic mass is 16.7. The minimum absolute atomic E-state index is 0.0512. The molecule has 1 aliphatic carbocycles. The minimum Gasteiger partial charge on any atom is -0.462 e. The highest BCUT2D eigenvalue weighted by Gasteiger charge is 2.48. The molecule has 372 valence electrons. The zero-order valence-electron chi connectivity index (χ0n) is 40.4. The molecule has 17 heteroatoms. The number of aliphatic hydroxyl groups is 3. The zero-order valence-corrected chi connectivity index (χ0v) is 40.4. The number of oxime groups is 1. The first-order chi connectivity index (χ1) is 31.5. The number of carbonyl (C=O) groups is 2. The molecule has 3 heterocycles. The van der Waals surface area contributed by atoms with Gasteiger partial charge in [0.15, 0.2) is 12.1 Å². The highest BCUT2D eigenvalue weighted by Crippen LogP contribution is 2.36. The topological polar surface area (TPSA) is 220 Å². The number of rotatable bonds is 12. The van der Waals surface area contributed by atoms with Crippen LogP contribution in [0.25, 0.3) is 0 Å². The summed E-state index contributed by atoms with van der Waals surface area (Å²) in [5.74, 6) is -2.39. The standard InChI is InChI=1S/C49H77N3O14/c1-10-39-34(25-61-40-18-17-38(54)47(58-8)48(40)59-9)21-28(2)11-16-37(53)29(3)22-33-19-20-60-26-36(51-63-24-32-12-14-35(50)15-13-32)27-62-41(23-42(55)65-39)30(4)46(33)66-49-45(57)43(52(6)7)44(56)31(5)64-49/h11-16,21,29-31,33-34,38-41,43-49,54,56-57H,10,17-20,22-27,50H2,1-9H3/b16-11+,28-21+,51-36+/t29-,30+,31-,33?,34-,38-,39-,40-,41-,43+,44-,45-,46-,47-,48+,49+/m1/s1. The molecule has 0 amide bonds. The van der Waals surface area contributed by atoms with Crippen LogP contribution < -0.4 is 5.73 Å². The van der Waals surface area contributed by atoms with Gasteiger partial charge >= 0.3 is 5.97 Å². The van der Waals surface area contributed by atoms with Crippen LogP contribution in [0.4, 0.5) is 5.69 Å². The summed E-state index contributed by atoms with van der Waals surface area (Å²) in [5.41, 5.74) is 8.62. The maximum Gasteiger partial charge on any atom is 0.308 e. The van der Waals surface area contributed by atoms with Gasteiger partial charge in [0.1, 0.15) is 36.7 Å². The van der Waals surface area contributed by atoms with E-state index in [0.717, 1.165) is 11.1 Å². The molecular weight excluding hydrogens is 855 g/mol. The summed E-state index contributed by atoms with van der Waals surface area (Å²) in [7, 11) is 6.65. The van der Waals surface area contributed by atoms with Crippen LogP contribution in [0.2, 0.25) is 0 Å². The monoisotopic (exact) mass is 932 g/mol. The van der Waals surface area contributed by atoms with Crippen molar-refractivity contribution in [2.24, 2.45) is 28.8 Å². The van der Waals surface area contributed by atoms with Crippen molar-refractivity contribution in [2.75, 3.05) is 60.5 Å². The van der Waals surface area contributed by atoms with Gasteiger partial charge in [-0.05, 0) is 89.7 Å². The van der Waals surface area contributed by atoms with Gasteiger partial charge in [-0.2, -0.15) is 0 Å². The number of hydrogen-bond acceptors (Lipinski definition) is 17. The largest absolute Gasteiger partial charge is 0.462 e. The molecule has 0 radical (unpaired) electrons. The number of nitrogens with zero attached hydrogens (tertiary/aromatic N) is 2. The Hall–Kier alpha value is -3.33. The van der Waals surface area contributed by atoms with Crippen molar-refractivity contribution >= 4 is 23.2 Å². The molecule has 4 aliphatic rings. The van der Waals surface area contributed by atoms with Crippen molar-refractivity contribution < 1.29 is 67.6 Å². The van der Waals surface area contributed by atoms with Crippen molar-refractivity contribution in [3.63, 3.8) is 0 Å². The molecule has 1 aromatic rings. The van der Waals surface area contributed by atoms with E-state index in [1.807, 2.05) is 45.9 Å². The average Bonchev–Trinajstić information content (AvgIpc) is 3.31. The van der Waals surface area contributed by atoms with Gasteiger partial charge in [-0.15, -0.1) is 0 Å². The normalized spacial score (nSPS) is 38.9. The third-order valence-corrected chi connectivity index (χ3v) is 13.6. The van der Waals surface area contributed by atoms with Crippen LogP contribution in [0.1, 0.15) is 78.7 Å². The summed E-state index contributed by atoms with van der Waals surface area (Å²) in [6, 6.07) is 6.58. The number of esters is 1. The van der Waals surface area contributed by atoms with Crippen LogP contribution in [0, 0.1) is 23.7 Å². The number of aliphatic hydroxyl groups excluding tert-OH is 3. The van der Waals surface area contributed by atoms with Crippen molar-refractivity contribution in [3.8, 4) is 0 Å². The third kappa shape index (κ3) is 14.6. The molecule has 5 rings (SSSR count). The SMILES string of the molecule is CC[C@H]1OC(=O)C[C@H]2OC/C(=N/OCc3ccc(N)cc3)COCCC(C[C@@H](C)C(=O)/C=C/C(C)=C/[C@@H]1CO[C@@H]1CC[C@@H](O)[C@@H](OC)[C@H]1OC)[C@H](O[C@@H]1O[C@H](C)[C@@H](O)[C@H](N(C)C)[C@H]1O)[C@H]2C. The number of nitrogens with two attached hydrogens (primary N) is 1. The van der Waals surface area contributed by atoms with Crippen molar-refractivity contribution in [3.05, 3.63) is 53.6 Å². The quantitative estimate of drug-likeness (QED) is 0.132. The van der Waals surface area contributed by atoms with E-state index < -0.39 is 97.1 Å². The summed E-state index contributed by atoms with van der Waals surface area (Å²) < 4.78 is 50.2. The Labute approximate surface area is 390 Å². The first-order valence-electron chi connectivity index (χ1n) is 23.5. The summed E-state index contributed by atoms with van der Waals surface area (Å²) in [6.45, 7) is 10.0. The lowest BCUT2D eigenvalue weighted by Crippen LogP contribution is -2.63. The van der Waals surface area contributed by atoms with E-state index in [0.29, 0.717) is 43.5 Å². The predicted octanol–water partition coefficient (Wildman–Crippen LogP) is 3.99. The fourth-order valence-corrected chi connectivity index (χ4v) is 9.66. The second-order valence-electron chi connectivity index (χ2n) is 18.7. The summed E-state index contributed by atoms with van der Waals surface area (Å²) in [6.07, 6.45) is -1.03. The molecule has 1 unspecified atom stereocenters. The minimum atomic E-state index is -1.24. The van der Waals surface area contributed by atoms with E-state index in [-0.39, 0.29) is 51.2 Å². The number of ketones is 1. The van der Waals surface area contributed by atoms with Gasteiger partial charge in [-0.25, -0.2) is 0 Å². The van der Waals surface area contributed by atoms with Crippen LogP contribution in [-0.2, 0) is 58.9 Å². The molecule has 66 heavy (non-hydrogen) atoms. The number of anilines is 1. The molecule has 0 aromatic heterocycles. The second kappa shape index (κ2) is 25.9. The molecule has 2 bridgehead atoms. The van der Waals surface area contributed by atoms with E-state index >= 15 is 0 Å². The molecule has 1 aromatic carbocycles. The molecule has 5 N–H and O–H groups in total. The summed E-state index contributed by atoms with van der Waals surface area (Å²) >= 11 is 0. The maximum absolute atomic E-state index is 14.4. The smallest absolute Gasteiger partial charge is 0.308 e. The first kappa shape index (κ1) is 53.6. The van der Waals surface area contributed by atoms with Gasteiger partial charge in [0.2, 0.25) is 0 Å². The van der Waals surface area contributed by atoms with Crippen molar-refractivity contribution in [2.45, 2.75) is 153 Å². The number of benzene rings is 1. The Bertz CT molecular complexity index is 1760. The molecule has 3 fully saturated rings. The van der Waals surface area contributed by atoms with Gasteiger partial charge in [0.25, 0.3) is 0 Å². The summed E-state index contributed by atoms with van der Waals surface area (Å²) in [5, 5.41) is 37.8. The van der Waals surface area contributed by atoms with E-state index in [1.54, 1.807) is 57.3 Å². The van der Waals surface area contributed by atoms with E-state index in [4.69, 9.17) is 48.5 Å². The molecule has 16 atom stereocenters. The van der Waals surface area contributed by atoms with E-state index in [9.17, 15) is 24.9 Å². The number of carbonyl (C=O) groups excluding carboxylic acids is 2. The van der Waals surface area contributed by atoms with Crippen molar-refractivity contribution in [1.29, 1.82) is 0 Å². The molecule has 2 saturated heterocycles. The number of allylic oxidation sites excluding steroid dienone is 3. The van der Waals surface area contributed by atoms with E-state index in [1.165, 1.54) is 7.11 Å². The van der Waals surface area contributed by atoms with Crippen LogP contribution >= 0.6 is 0 Å². The molecule has 17 nitrogen and oxygen atoms in total. The number of likely N-dealkylation sites (N-methyl/N-ethyl adjacent to an activating group) is 1. The molecule has 0 spiro atoms.